The van der Waals surface area contributed by atoms with Crippen molar-refractivity contribution >= 4 is 17.7 Å². The standard InChI is InChI=1S/C19H16N4O/c1-23-14-15(13-21-23)12-20-22-18(16-8-4-2-5-9-16)19(24)17-10-6-3-7-11-17/h2-14H,1H3. The van der Waals surface area contributed by atoms with E-state index in [0.717, 1.165) is 11.1 Å². The number of aryl methyl sites for hydroxylation is 1. The molecule has 0 bridgehead atoms. The van der Waals surface area contributed by atoms with E-state index in [1.165, 1.54) is 0 Å². The maximum absolute atomic E-state index is 12.8. The molecule has 0 aliphatic heterocycles. The Morgan fingerprint density at radius 3 is 2.21 bits per heavy atom. The van der Waals surface area contributed by atoms with E-state index < -0.39 is 0 Å². The van der Waals surface area contributed by atoms with Crippen molar-refractivity contribution in [2.24, 2.45) is 17.3 Å². The van der Waals surface area contributed by atoms with Gasteiger partial charge in [-0.3, -0.25) is 9.48 Å². The summed E-state index contributed by atoms with van der Waals surface area (Å²) in [6, 6.07) is 18.4. The minimum absolute atomic E-state index is 0.162. The Morgan fingerprint density at radius 2 is 1.62 bits per heavy atom. The van der Waals surface area contributed by atoms with Gasteiger partial charge in [0, 0.05) is 29.9 Å². The zero-order valence-electron chi connectivity index (χ0n) is 13.2. The van der Waals surface area contributed by atoms with Crippen LogP contribution in [-0.2, 0) is 7.05 Å². The number of carbonyl (C=O) groups is 1. The zero-order chi connectivity index (χ0) is 16.8. The van der Waals surface area contributed by atoms with Crippen LogP contribution in [0.15, 0.2) is 83.3 Å². The van der Waals surface area contributed by atoms with Crippen molar-refractivity contribution in [3.05, 3.63) is 89.7 Å². The van der Waals surface area contributed by atoms with Crippen molar-refractivity contribution in [2.75, 3.05) is 0 Å². The number of ketones is 1. The largest absolute Gasteiger partial charge is 0.287 e. The number of hydrogen-bond donors (Lipinski definition) is 0. The molecule has 24 heavy (non-hydrogen) atoms. The summed E-state index contributed by atoms with van der Waals surface area (Å²) in [7, 11) is 1.83. The van der Waals surface area contributed by atoms with Crippen molar-refractivity contribution in [1.29, 1.82) is 0 Å². The molecule has 0 saturated heterocycles. The van der Waals surface area contributed by atoms with E-state index in [0.29, 0.717) is 11.3 Å². The van der Waals surface area contributed by atoms with Crippen LogP contribution in [-0.4, -0.2) is 27.5 Å². The van der Waals surface area contributed by atoms with Crippen LogP contribution in [0.1, 0.15) is 21.5 Å². The highest BCUT2D eigenvalue weighted by Gasteiger charge is 2.15. The first kappa shape index (κ1) is 15.6. The molecule has 0 fully saturated rings. The van der Waals surface area contributed by atoms with E-state index in [1.54, 1.807) is 29.2 Å². The number of aromatic nitrogens is 2. The van der Waals surface area contributed by atoms with Gasteiger partial charge in [0.2, 0.25) is 5.78 Å². The molecule has 0 N–H and O–H groups in total. The van der Waals surface area contributed by atoms with E-state index in [9.17, 15) is 4.79 Å². The summed E-state index contributed by atoms with van der Waals surface area (Å²) < 4.78 is 1.68. The molecule has 0 radical (unpaired) electrons. The summed E-state index contributed by atoms with van der Waals surface area (Å²) in [6.07, 6.45) is 5.08. The van der Waals surface area contributed by atoms with Crippen molar-refractivity contribution in [3.8, 4) is 0 Å². The van der Waals surface area contributed by atoms with Gasteiger partial charge >= 0.3 is 0 Å². The van der Waals surface area contributed by atoms with Crippen LogP contribution in [0.4, 0.5) is 0 Å². The van der Waals surface area contributed by atoms with Gasteiger partial charge in [-0.2, -0.15) is 10.2 Å². The average molecular weight is 316 g/mol. The van der Waals surface area contributed by atoms with E-state index in [-0.39, 0.29) is 5.78 Å². The van der Waals surface area contributed by atoms with Gasteiger partial charge in [0.05, 0.1) is 12.4 Å². The fourth-order valence-electron chi connectivity index (χ4n) is 2.22. The fourth-order valence-corrected chi connectivity index (χ4v) is 2.22. The van der Waals surface area contributed by atoms with Gasteiger partial charge in [0.25, 0.3) is 0 Å². The predicted octanol–water partition coefficient (Wildman–Crippen LogP) is 3.13. The molecule has 0 amide bonds. The summed E-state index contributed by atoms with van der Waals surface area (Å²) >= 11 is 0. The number of rotatable bonds is 5. The first-order valence-electron chi connectivity index (χ1n) is 7.49. The van der Waals surface area contributed by atoms with Crippen molar-refractivity contribution < 1.29 is 4.79 Å². The lowest BCUT2D eigenvalue weighted by molar-refractivity contribution is 0.106. The Hall–Kier alpha value is -3.34. The Labute approximate surface area is 140 Å². The van der Waals surface area contributed by atoms with Crippen LogP contribution in [0.2, 0.25) is 0 Å². The normalized spacial score (nSPS) is 11.8. The Balaban J connectivity index is 1.95. The highest BCUT2D eigenvalue weighted by Crippen LogP contribution is 2.09. The van der Waals surface area contributed by atoms with Gasteiger partial charge < -0.3 is 0 Å². The Kier molecular flexibility index (Phi) is 4.72. The molecular formula is C19H16N4O. The Bertz CT molecular complexity index is 880. The van der Waals surface area contributed by atoms with Gasteiger partial charge in [-0.1, -0.05) is 60.7 Å². The SMILES string of the molecule is Cn1cc(C=NN=C(C(=O)c2ccccc2)c2ccccc2)cn1. The number of benzene rings is 2. The summed E-state index contributed by atoms with van der Waals surface area (Å²) in [6.45, 7) is 0. The zero-order valence-corrected chi connectivity index (χ0v) is 13.2. The van der Waals surface area contributed by atoms with Crippen LogP contribution >= 0.6 is 0 Å². The topological polar surface area (TPSA) is 59.6 Å². The molecule has 0 spiro atoms. The third-order valence-electron chi connectivity index (χ3n) is 3.39. The second kappa shape index (κ2) is 7.28. The fraction of sp³-hybridized carbons (Fsp3) is 0.0526. The molecule has 0 aliphatic carbocycles. The lowest BCUT2D eigenvalue weighted by atomic mass is 10.0. The van der Waals surface area contributed by atoms with Crippen molar-refractivity contribution in [3.63, 3.8) is 0 Å². The van der Waals surface area contributed by atoms with Crippen LogP contribution in [0, 0.1) is 0 Å². The van der Waals surface area contributed by atoms with E-state index in [4.69, 9.17) is 0 Å². The summed E-state index contributed by atoms with van der Waals surface area (Å²) in [5.74, 6) is -0.162. The summed E-state index contributed by atoms with van der Waals surface area (Å²) in [4.78, 5) is 12.8. The summed E-state index contributed by atoms with van der Waals surface area (Å²) in [5.41, 5.74) is 2.44. The smallest absolute Gasteiger partial charge is 0.213 e. The number of carbonyl (C=O) groups excluding carboxylic acids is 1. The lowest BCUT2D eigenvalue weighted by Crippen LogP contribution is -2.15. The maximum atomic E-state index is 12.8. The van der Waals surface area contributed by atoms with Crippen molar-refractivity contribution in [2.45, 2.75) is 0 Å². The minimum Gasteiger partial charge on any atom is -0.287 e. The molecule has 3 aromatic rings. The highest BCUT2D eigenvalue weighted by atomic mass is 16.1. The molecular weight excluding hydrogens is 300 g/mol. The van der Waals surface area contributed by atoms with E-state index in [2.05, 4.69) is 15.3 Å². The highest BCUT2D eigenvalue weighted by molar-refractivity contribution is 6.51. The maximum Gasteiger partial charge on any atom is 0.213 e. The first-order chi connectivity index (χ1) is 11.7. The lowest BCUT2D eigenvalue weighted by Gasteiger charge is -2.04. The quantitative estimate of drug-likeness (QED) is 0.412. The van der Waals surface area contributed by atoms with Gasteiger partial charge in [0.15, 0.2) is 0 Å². The van der Waals surface area contributed by atoms with E-state index >= 15 is 0 Å². The molecule has 5 heteroatoms. The van der Waals surface area contributed by atoms with E-state index in [1.807, 2.05) is 61.8 Å². The molecule has 0 unspecified atom stereocenters. The number of hydrogen-bond acceptors (Lipinski definition) is 4. The van der Waals surface area contributed by atoms with Crippen LogP contribution < -0.4 is 0 Å². The van der Waals surface area contributed by atoms with Gasteiger partial charge in [0.1, 0.15) is 5.71 Å². The third-order valence-corrected chi connectivity index (χ3v) is 3.39. The molecule has 118 valence electrons. The molecule has 3 rings (SSSR count). The number of Topliss-reactive ketones (excluding diaryl/α,β-unsaturated/α-hetero) is 1. The van der Waals surface area contributed by atoms with Gasteiger partial charge in [-0.05, 0) is 0 Å². The first-order valence-corrected chi connectivity index (χ1v) is 7.49. The average Bonchev–Trinajstić information content (AvgIpc) is 3.05. The van der Waals surface area contributed by atoms with Crippen LogP contribution in [0.3, 0.4) is 0 Å². The molecule has 0 aliphatic rings. The summed E-state index contributed by atoms with van der Waals surface area (Å²) in [5, 5.41) is 12.3. The van der Waals surface area contributed by atoms with Crippen LogP contribution in [0.25, 0.3) is 0 Å². The second-order valence-corrected chi connectivity index (χ2v) is 5.20. The minimum atomic E-state index is -0.162. The Morgan fingerprint density at radius 1 is 1.00 bits per heavy atom. The van der Waals surface area contributed by atoms with Crippen LogP contribution in [0.5, 0.6) is 0 Å². The molecule has 0 saturated carbocycles. The molecule has 0 atom stereocenters. The monoisotopic (exact) mass is 316 g/mol. The van der Waals surface area contributed by atoms with Gasteiger partial charge in [-0.15, -0.1) is 5.10 Å². The molecule has 5 nitrogen and oxygen atoms in total. The number of nitrogens with zero attached hydrogens (tertiary/aromatic N) is 4. The molecule has 2 aromatic carbocycles. The molecule has 1 aromatic heterocycles. The predicted molar refractivity (Wildman–Crippen MR) is 94.6 cm³/mol. The van der Waals surface area contributed by atoms with Crippen molar-refractivity contribution in [1.82, 2.24) is 9.78 Å². The second-order valence-electron chi connectivity index (χ2n) is 5.20. The molecule has 1 heterocycles. The third kappa shape index (κ3) is 3.70. The van der Waals surface area contributed by atoms with Gasteiger partial charge in [-0.25, -0.2) is 0 Å².